The normalized spacial score (nSPS) is 25.0. The number of benzene rings is 1. The second-order valence-corrected chi connectivity index (χ2v) is 5.70. The summed E-state index contributed by atoms with van der Waals surface area (Å²) in [5, 5.41) is 0.484. The van der Waals surface area contributed by atoms with Crippen LogP contribution in [0.15, 0.2) is 18.2 Å². The van der Waals surface area contributed by atoms with E-state index in [1.807, 2.05) is 6.07 Å². The molecule has 98 valence electrons. The molecule has 0 N–H and O–H groups in total. The minimum Gasteiger partial charge on any atom is -0.370 e. The number of hydrogen-bond donors (Lipinski definition) is 0. The molecule has 2 aliphatic rings. The lowest BCUT2D eigenvalue weighted by molar-refractivity contribution is 0.273. The third-order valence-corrected chi connectivity index (χ3v) is 4.23. The molecule has 0 spiro atoms. The highest BCUT2D eigenvalue weighted by molar-refractivity contribution is 6.30. The summed E-state index contributed by atoms with van der Waals surface area (Å²) in [6.07, 6.45) is 3.70. The summed E-state index contributed by atoms with van der Waals surface area (Å²) in [5.41, 5.74) is 0.925. The van der Waals surface area contributed by atoms with Gasteiger partial charge in [0, 0.05) is 36.4 Å². The van der Waals surface area contributed by atoms with Crippen molar-refractivity contribution in [1.29, 1.82) is 0 Å². The highest BCUT2D eigenvalue weighted by Gasteiger charge is 2.28. The van der Waals surface area contributed by atoms with Crippen LogP contribution in [0.5, 0.6) is 0 Å². The van der Waals surface area contributed by atoms with Gasteiger partial charge in [-0.1, -0.05) is 11.6 Å². The van der Waals surface area contributed by atoms with Crippen molar-refractivity contribution < 1.29 is 4.39 Å². The van der Waals surface area contributed by atoms with Crippen molar-refractivity contribution in [2.75, 3.05) is 31.1 Å². The Morgan fingerprint density at radius 1 is 1.11 bits per heavy atom. The minimum absolute atomic E-state index is 0.245. The SMILES string of the molecule is Fc1cc(Cl)cc(N2CCCN3CCCC3C2)c1. The van der Waals surface area contributed by atoms with Crippen LogP contribution in [0.3, 0.4) is 0 Å². The van der Waals surface area contributed by atoms with Gasteiger partial charge >= 0.3 is 0 Å². The number of nitrogens with zero attached hydrogens (tertiary/aromatic N) is 2. The zero-order valence-electron chi connectivity index (χ0n) is 10.4. The molecule has 2 nitrogen and oxygen atoms in total. The monoisotopic (exact) mass is 268 g/mol. The van der Waals surface area contributed by atoms with Crippen LogP contribution in [0.4, 0.5) is 10.1 Å². The molecule has 4 heteroatoms. The summed E-state index contributed by atoms with van der Waals surface area (Å²) in [7, 11) is 0. The predicted octanol–water partition coefficient (Wildman–Crippen LogP) is 3.15. The lowest BCUT2D eigenvalue weighted by atomic mass is 10.2. The summed E-state index contributed by atoms with van der Waals surface area (Å²) < 4.78 is 13.4. The molecule has 1 aromatic rings. The number of anilines is 1. The molecule has 0 bridgehead atoms. The van der Waals surface area contributed by atoms with Crippen LogP contribution < -0.4 is 4.90 Å². The van der Waals surface area contributed by atoms with Crippen LogP contribution in [0.1, 0.15) is 19.3 Å². The molecule has 0 aliphatic carbocycles. The van der Waals surface area contributed by atoms with E-state index in [1.54, 1.807) is 6.07 Å². The smallest absolute Gasteiger partial charge is 0.126 e. The number of rotatable bonds is 1. The van der Waals surface area contributed by atoms with E-state index >= 15 is 0 Å². The second kappa shape index (κ2) is 5.06. The van der Waals surface area contributed by atoms with Gasteiger partial charge in [0.25, 0.3) is 0 Å². The molecule has 0 amide bonds. The molecule has 2 heterocycles. The van der Waals surface area contributed by atoms with Crippen LogP contribution in [-0.4, -0.2) is 37.1 Å². The molecular formula is C14H18ClFN2. The zero-order valence-corrected chi connectivity index (χ0v) is 11.2. The second-order valence-electron chi connectivity index (χ2n) is 5.26. The summed E-state index contributed by atoms with van der Waals surface area (Å²) in [5.74, 6) is -0.245. The molecule has 2 saturated heterocycles. The topological polar surface area (TPSA) is 6.48 Å². The first-order valence-corrected chi connectivity index (χ1v) is 7.05. The van der Waals surface area contributed by atoms with Crippen LogP contribution in [-0.2, 0) is 0 Å². The van der Waals surface area contributed by atoms with Crippen molar-refractivity contribution in [2.24, 2.45) is 0 Å². The molecule has 18 heavy (non-hydrogen) atoms. The van der Waals surface area contributed by atoms with E-state index in [1.165, 1.54) is 32.0 Å². The number of hydrogen-bond acceptors (Lipinski definition) is 2. The van der Waals surface area contributed by atoms with Gasteiger partial charge in [-0.3, -0.25) is 4.90 Å². The fraction of sp³-hybridized carbons (Fsp3) is 0.571. The van der Waals surface area contributed by atoms with Gasteiger partial charge in [0.1, 0.15) is 5.82 Å². The standard InChI is InChI=1S/C14H18ClFN2/c15-11-7-12(16)9-14(8-11)18-6-2-5-17-4-1-3-13(17)10-18/h7-9,13H,1-6,10H2. The first-order valence-electron chi connectivity index (χ1n) is 6.67. The van der Waals surface area contributed by atoms with E-state index < -0.39 is 0 Å². The Bertz CT molecular complexity index is 418. The van der Waals surface area contributed by atoms with Crippen molar-refractivity contribution in [3.63, 3.8) is 0 Å². The van der Waals surface area contributed by atoms with E-state index in [4.69, 9.17) is 11.6 Å². The summed E-state index contributed by atoms with van der Waals surface area (Å²) >= 11 is 5.94. The molecule has 1 aromatic carbocycles. The van der Waals surface area contributed by atoms with Crippen molar-refractivity contribution >= 4 is 17.3 Å². The molecule has 0 radical (unpaired) electrons. The number of halogens is 2. The van der Waals surface area contributed by atoms with Gasteiger partial charge in [0.15, 0.2) is 0 Å². The van der Waals surface area contributed by atoms with E-state index in [0.717, 1.165) is 25.2 Å². The highest BCUT2D eigenvalue weighted by Crippen LogP contribution is 2.27. The summed E-state index contributed by atoms with van der Waals surface area (Å²) in [4.78, 5) is 4.85. The molecule has 0 saturated carbocycles. The summed E-state index contributed by atoms with van der Waals surface area (Å²) in [6.45, 7) is 4.39. The third-order valence-electron chi connectivity index (χ3n) is 4.02. The average molecular weight is 269 g/mol. The Balaban J connectivity index is 1.82. The van der Waals surface area contributed by atoms with Gasteiger partial charge in [-0.05, 0) is 44.0 Å². The van der Waals surface area contributed by atoms with Crippen molar-refractivity contribution in [3.05, 3.63) is 29.0 Å². The van der Waals surface area contributed by atoms with Crippen molar-refractivity contribution in [2.45, 2.75) is 25.3 Å². The summed E-state index contributed by atoms with van der Waals surface area (Å²) in [6, 6.07) is 5.46. The maximum Gasteiger partial charge on any atom is 0.126 e. The van der Waals surface area contributed by atoms with Crippen molar-refractivity contribution in [1.82, 2.24) is 4.90 Å². The fourth-order valence-corrected chi connectivity index (χ4v) is 3.38. The maximum atomic E-state index is 13.4. The first-order chi connectivity index (χ1) is 8.72. The molecule has 2 aliphatic heterocycles. The van der Waals surface area contributed by atoms with E-state index in [0.29, 0.717) is 11.1 Å². The Morgan fingerprint density at radius 2 is 1.94 bits per heavy atom. The van der Waals surface area contributed by atoms with Gasteiger partial charge in [-0.15, -0.1) is 0 Å². The number of fused-ring (bicyclic) bond motifs is 1. The molecular weight excluding hydrogens is 251 g/mol. The zero-order chi connectivity index (χ0) is 12.5. The van der Waals surface area contributed by atoms with E-state index in [-0.39, 0.29) is 5.82 Å². The average Bonchev–Trinajstić information content (AvgIpc) is 2.65. The van der Waals surface area contributed by atoms with Gasteiger partial charge in [-0.2, -0.15) is 0 Å². The van der Waals surface area contributed by atoms with E-state index in [2.05, 4.69) is 9.80 Å². The quantitative estimate of drug-likeness (QED) is 0.772. The van der Waals surface area contributed by atoms with Gasteiger partial charge in [-0.25, -0.2) is 4.39 Å². The van der Waals surface area contributed by atoms with Crippen LogP contribution in [0.25, 0.3) is 0 Å². The third kappa shape index (κ3) is 2.47. The Kier molecular flexibility index (Phi) is 3.44. The fourth-order valence-electron chi connectivity index (χ4n) is 3.16. The van der Waals surface area contributed by atoms with Gasteiger partial charge in [0.2, 0.25) is 0 Å². The molecule has 1 unspecified atom stereocenters. The Hall–Kier alpha value is -0.800. The maximum absolute atomic E-state index is 13.4. The van der Waals surface area contributed by atoms with Crippen LogP contribution in [0.2, 0.25) is 5.02 Å². The van der Waals surface area contributed by atoms with Crippen LogP contribution in [0, 0.1) is 5.82 Å². The first kappa shape index (κ1) is 12.2. The Labute approximate surface area is 112 Å². The molecule has 0 aromatic heterocycles. The molecule has 2 fully saturated rings. The van der Waals surface area contributed by atoms with Gasteiger partial charge in [0.05, 0.1) is 0 Å². The Morgan fingerprint density at radius 3 is 2.78 bits per heavy atom. The lowest BCUT2D eigenvalue weighted by Crippen LogP contribution is -2.36. The minimum atomic E-state index is -0.245. The van der Waals surface area contributed by atoms with E-state index in [9.17, 15) is 4.39 Å². The van der Waals surface area contributed by atoms with Gasteiger partial charge < -0.3 is 4.90 Å². The highest BCUT2D eigenvalue weighted by atomic mass is 35.5. The molecule has 3 rings (SSSR count). The largest absolute Gasteiger partial charge is 0.370 e. The lowest BCUT2D eigenvalue weighted by Gasteiger charge is -2.27. The predicted molar refractivity (Wildman–Crippen MR) is 72.8 cm³/mol. The van der Waals surface area contributed by atoms with Crippen LogP contribution >= 0.6 is 11.6 Å². The van der Waals surface area contributed by atoms with Crippen molar-refractivity contribution in [3.8, 4) is 0 Å². The molecule has 1 atom stereocenters.